The van der Waals surface area contributed by atoms with Crippen molar-refractivity contribution in [1.82, 2.24) is 20.2 Å². The van der Waals surface area contributed by atoms with E-state index >= 15 is 0 Å². The van der Waals surface area contributed by atoms with Gasteiger partial charge < -0.3 is 15.0 Å². The molecule has 0 aromatic carbocycles. The lowest BCUT2D eigenvalue weighted by Gasteiger charge is -2.16. The molecule has 0 saturated heterocycles. The average molecular weight is 306 g/mol. The minimum atomic E-state index is -0.107. The summed E-state index contributed by atoms with van der Waals surface area (Å²) >= 11 is 1.52. The number of rotatable bonds is 7. The lowest BCUT2D eigenvalue weighted by atomic mass is 10.4. The van der Waals surface area contributed by atoms with Crippen molar-refractivity contribution in [2.24, 2.45) is 0 Å². The predicted molar refractivity (Wildman–Crippen MR) is 81.3 cm³/mol. The van der Waals surface area contributed by atoms with Crippen LogP contribution in [0.1, 0.15) is 12.1 Å². The molecular weight excluding hydrogens is 288 g/mol. The number of nitrogens with zero attached hydrogens (tertiary/aromatic N) is 3. The largest absolute Gasteiger partial charge is 0.492 e. The van der Waals surface area contributed by atoms with E-state index in [4.69, 9.17) is 4.74 Å². The van der Waals surface area contributed by atoms with E-state index in [1.807, 2.05) is 17.5 Å². The quantitative estimate of drug-likeness (QED) is 0.796. The van der Waals surface area contributed by atoms with Crippen molar-refractivity contribution in [3.05, 3.63) is 41.1 Å². The maximum atomic E-state index is 11.8. The number of amides is 2. The van der Waals surface area contributed by atoms with Crippen LogP contribution in [0.4, 0.5) is 4.79 Å². The number of thiazole rings is 1. The second kappa shape index (κ2) is 8.21. The van der Waals surface area contributed by atoms with Crippen LogP contribution in [0.2, 0.25) is 0 Å². The lowest BCUT2D eigenvalue weighted by Crippen LogP contribution is -2.37. The number of hydrogen-bond acceptors (Lipinski definition) is 5. The van der Waals surface area contributed by atoms with Crippen molar-refractivity contribution in [2.45, 2.75) is 13.0 Å². The Morgan fingerprint density at radius 1 is 1.52 bits per heavy atom. The molecule has 0 spiro atoms. The molecule has 0 aliphatic carbocycles. The van der Waals surface area contributed by atoms with E-state index in [1.165, 1.54) is 11.3 Å². The van der Waals surface area contributed by atoms with E-state index in [0.29, 0.717) is 19.7 Å². The second-order valence-electron chi connectivity index (χ2n) is 4.46. The summed E-state index contributed by atoms with van der Waals surface area (Å²) in [7, 11) is 1.75. The van der Waals surface area contributed by atoms with Gasteiger partial charge in [0.15, 0.2) is 0 Å². The molecule has 2 amide bonds. The summed E-state index contributed by atoms with van der Waals surface area (Å²) in [6.07, 6.45) is 4.11. The lowest BCUT2D eigenvalue weighted by molar-refractivity contribution is 0.205. The van der Waals surface area contributed by atoms with Crippen LogP contribution in [0.15, 0.2) is 35.4 Å². The van der Waals surface area contributed by atoms with E-state index in [9.17, 15) is 4.79 Å². The second-order valence-corrected chi connectivity index (χ2v) is 5.18. The Hall–Kier alpha value is -2.15. The van der Waals surface area contributed by atoms with E-state index < -0.39 is 0 Å². The van der Waals surface area contributed by atoms with Crippen molar-refractivity contribution in [2.75, 3.05) is 20.2 Å². The fourth-order valence-corrected chi connectivity index (χ4v) is 2.20. The zero-order valence-electron chi connectivity index (χ0n) is 11.9. The Morgan fingerprint density at radius 3 is 3.14 bits per heavy atom. The summed E-state index contributed by atoms with van der Waals surface area (Å²) in [4.78, 5) is 21.6. The molecular formula is C14H18N4O2S. The fourth-order valence-electron chi connectivity index (χ4n) is 1.66. The van der Waals surface area contributed by atoms with Gasteiger partial charge in [-0.15, -0.1) is 11.3 Å². The third-order valence-electron chi connectivity index (χ3n) is 2.73. The van der Waals surface area contributed by atoms with Crippen LogP contribution in [0.25, 0.3) is 0 Å². The molecule has 0 bridgehead atoms. The van der Waals surface area contributed by atoms with Crippen LogP contribution < -0.4 is 10.1 Å². The number of ether oxygens (including phenoxy) is 1. The number of pyridine rings is 1. The molecule has 0 aliphatic rings. The Bertz CT molecular complexity index is 533. The molecule has 6 nitrogen and oxygen atoms in total. The highest BCUT2D eigenvalue weighted by Gasteiger charge is 2.09. The zero-order chi connectivity index (χ0) is 14.9. The van der Waals surface area contributed by atoms with Crippen LogP contribution >= 0.6 is 11.3 Å². The van der Waals surface area contributed by atoms with Crippen molar-refractivity contribution in [1.29, 1.82) is 0 Å². The number of nitrogens with one attached hydrogen (secondary N) is 1. The van der Waals surface area contributed by atoms with Crippen molar-refractivity contribution < 1.29 is 9.53 Å². The summed E-state index contributed by atoms with van der Waals surface area (Å²) in [5, 5.41) is 4.78. The Morgan fingerprint density at radius 2 is 2.43 bits per heavy atom. The summed E-state index contributed by atoms with van der Waals surface area (Å²) < 4.78 is 5.50. The van der Waals surface area contributed by atoms with Gasteiger partial charge in [0.25, 0.3) is 0 Å². The van der Waals surface area contributed by atoms with Crippen LogP contribution in [0, 0.1) is 0 Å². The van der Waals surface area contributed by atoms with Crippen molar-refractivity contribution >= 4 is 17.4 Å². The average Bonchev–Trinajstić information content (AvgIpc) is 3.00. The molecule has 0 atom stereocenters. The summed E-state index contributed by atoms with van der Waals surface area (Å²) in [6.45, 7) is 1.63. The predicted octanol–water partition coefficient (Wildman–Crippen LogP) is 2.15. The van der Waals surface area contributed by atoms with Gasteiger partial charge in [-0.3, -0.25) is 4.98 Å². The highest BCUT2D eigenvalue weighted by molar-refractivity contribution is 7.07. The van der Waals surface area contributed by atoms with Gasteiger partial charge in [-0.05, 0) is 18.6 Å². The van der Waals surface area contributed by atoms with Crippen LogP contribution in [-0.4, -0.2) is 41.1 Å². The normalized spacial score (nSPS) is 10.1. The molecule has 0 saturated carbocycles. The summed E-state index contributed by atoms with van der Waals surface area (Å²) in [5.41, 5.74) is 2.66. The summed E-state index contributed by atoms with van der Waals surface area (Å²) in [6, 6.07) is 3.57. The number of hydrogen-bond donors (Lipinski definition) is 1. The monoisotopic (exact) mass is 306 g/mol. The molecule has 7 heteroatoms. The van der Waals surface area contributed by atoms with Gasteiger partial charge in [-0.1, -0.05) is 0 Å². The highest BCUT2D eigenvalue weighted by atomic mass is 32.1. The number of aromatic nitrogens is 2. The molecule has 0 radical (unpaired) electrons. The zero-order valence-corrected chi connectivity index (χ0v) is 12.7. The molecule has 0 fully saturated rings. The van der Waals surface area contributed by atoms with E-state index in [2.05, 4.69) is 15.3 Å². The maximum absolute atomic E-state index is 11.8. The number of carbonyl (C=O) groups excluding carboxylic acids is 1. The molecule has 1 N–H and O–H groups in total. The number of carbonyl (C=O) groups is 1. The first kappa shape index (κ1) is 15.2. The first-order valence-electron chi connectivity index (χ1n) is 6.64. The molecule has 112 valence electrons. The molecule has 21 heavy (non-hydrogen) atoms. The molecule has 2 aromatic heterocycles. The van der Waals surface area contributed by atoms with Gasteiger partial charge in [0.2, 0.25) is 0 Å². The molecule has 2 aromatic rings. The van der Waals surface area contributed by atoms with Gasteiger partial charge in [-0.2, -0.15) is 0 Å². The minimum absolute atomic E-state index is 0.107. The molecule has 2 rings (SSSR count). The molecule has 2 heterocycles. The number of urea groups is 1. The standard InChI is InChI=1S/C14H18N4O2S/c1-18(9-12-10-21-11-17-12)14(19)16-6-3-7-20-13-4-2-5-15-8-13/h2,4-5,8,10-11H,3,6-7,9H2,1H3,(H,16,19). The van der Waals surface area contributed by atoms with Crippen LogP contribution in [0.3, 0.4) is 0 Å². The molecule has 0 unspecified atom stereocenters. The molecule has 0 aliphatic heterocycles. The Kier molecular flexibility index (Phi) is 5.96. The fraction of sp³-hybridized carbons (Fsp3) is 0.357. The van der Waals surface area contributed by atoms with Gasteiger partial charge in [0.1, 0.15) is 5.75 Å². The van der Waals surface area contributed by atoms with Crippen LogP contribution in [0.5, 0.6) is 5.75 Å². The van der Waals surface area contributed by atoms with Crippen molar-refractivity contribution in [3.63, 3.8) is 0 Å². The third kappa shape index (κ3) is 5.39. The smallest absolute Gasteiger partial charge is 0.317 e. The van der Waals surface area contributed by atoms with E-state index in [0.717, 1.165) is 17.9 Å². The SMILES string of the molecule is CN(Cc1cscn1)C(=O)NCCCOc1cccnc1. The minimum Gasteiger partial charge on any atom is -0.492 e. The maximum Gasteiger partial charge on any atom is 0.317 e. The first-order valence-corrected chi connectivity index (χ1v) is 7.59. The Labute approximate surface area is 127 Å². The van der Waals surface area contributed by atoms with E-state index in [1.54, 1.807) is 29.9 Å². The van der Waals surface area contributed by atoms with Crippen molar-refractivity contribution in [3.8, 4) is 5.75 Å². The third-order valence-corrected chi connectivity index (χ3v) is 3.37. The van der Waals surface area contributed by atoms with Gasteiger partial charge >= 0.3 is 6.03 Å². The van der Waals surface area contributed by atoms with Gasteiger partial charge in [-0.25, -0.2) is 9.78 Å². The Balaban J connectivity index is 1.58. The highest BCUT2D eigenvalue weighted by Crippen LogP contribution is 2.06. The van der Waals surface area contributed by atoms with Gasteiger partial charge in [0, 0.05) is 25.2 Å². The van der Waals surface area contributed by atoms with E-state index in [-0.39, 0.29) is 6.03 Å². The first-order chi connectivity index (χ1) is 10.3. The van der Waals surface area contributed by atoms with Crippen LogP contribution in [-0.2, 0) is 6.54 Å². The van der Waals surface area contributed by atoms with Gasteiger partial charge in [0.05, 0.1) is 30.6 Å². The topological polar surface area (TPSA) is 67.4 Å². The summed E-state index contributed by atoms with van der Waals surface area (Å²) in [5.74, 6) is 0.740.